The summed E-state index contributed by atoms with van der Waals surface area (Å²) in [5, 5.41) is 2.87. The zero-order chi connectivity index (χ0) is 10.9. The van der Waals surface area contributed by atoms with Crippen molar-refractivity contribution >= 4 is 5.91 Å². The van der Waals surface area contributed by atoms with E-state index in [1.165, 1.54) is 0 Å². The van der Waals surface area contributed by atoms with E-state index in [9.17, 15) is 4.79 Å². The van der Waals surface area contributed by atoms with Crippen molar-refractivity contribution in [1.29, 1.82) is 0 Å². The standard InChI is InChI=1S/C10H15N3O2/c1-10(6-15-7-10)5-12-9(14)8-11-3-4-13(8)2/h3-4H,5-7H2,1-2H3,(H,12,14). The number of carbonyl (C=O) groups is 1. The van der Waals surface area contributed by atoms with Gasteiger partial charge in [-0.2, -0.15) is 0 Å². The third-order valence-corrected chi connectivity index (χ3v) is 2.60. The minimum atomic E-state index is -0.129. The number of hydrogen-bond acceptors (Lipinski definition) is 3. The number of rotatable bonds is 3. The highest BCUT2D eigenvalue weighted by molar-refractivity contribution is 5.90. The fourth-order valence-corrected chi connectivity index (χ4v) is 1.51. The van der Waals surface area contributed by atoms with Crippen LogP contribution in [0.15, 0.2) is 12.4 Å². The fraction of sp³-hybridized carbons (Fsp3) is 0.600. The van der Waals surface area contributed by atoms with Crippen molar-refractivity contribution in [2.45, 2.75) is 6.92 Å². The Morgan fingerprint density at radius 1 is 1.73 bits per heavy atom. The summed E-state index contributed by atoms with van der Waals surface area (Å²) in [6.07, 6.45) is 3.37. The first-order valence-corrected chi connectivity index (χ1v) is 4.94. The van der Waals surface area contributed by atoms with Crippen molar-refractivity contribution in [1.82, 2.24) is 14.9 Å². The van der Waals surface area contributed by atoms with Crippen molar-refractivity contribution < 1.29 is 9.53 Å². The van der Waals surface area contributed by atoms with Crippen molar-refractivity contribution in [3.63, 3.8) is 0 Å². The molecule has 1 amide bonds. The van der Waals surface area contributed by atoms with Gasteiger partial charge in [0.1, 0.15) is 0 Å². The Hall–Kier alpha value is -1.36. The largest absolute Gasteiger partial charge is 0.380 e. The van der Waals surface area contributed by atoms with Gasteiger partial charge >= 0.3 is 0 Å². The average molecular weight is 209 g/mol. The third-order valence-electron chi connectivity index (χ3n) is 2.60. The lowest BCUT2D eigenvalue weighted by Crippen LogP contribution is -2.48. The van der Waals surface area contributed by atoms with Crippen LogP contribution < -0.4 is 5.32 Å². The van der Waals surface area contributed by atoms with Gasteiger partial charge in [-0.25, -0.2) is 4.98 Å². The molecule has 0 atom stereocenters. The number of nitrogens with one attached hydrogen (secondary N) is 1. The monoisotopic (exact) mass is 209 g/mol. The molecule has 2 rings (SSSR count). The molecular formula is C10H15N3O2. The molecular weight excluding hydrogens is 194 g/mol. The van der Waals surface area contributed by atoms with E-state index in [0.29, 0.717) is 25.6 Å². The Kier molecular flexibility index (Phi) is 2.48. The van der Waals surface area contributed by atoms with Crippen LogP contribution in [0.1, 0.15) is 17.5 Å². The van der Waals surface area contributed by atoms with Gasteiger partial charge in [-0.15, -0.1) is 0 Å². The van der Waals surface area contributed by atoms with E-state index in [4.69, 9.17) is 4.74 Å². The van der Waals surface area contributed by atoms with Crippen molar-refractivity contribution in [2.24, 2.45) is 12.5 Å². The molecule has 0 radical (unpaired) electrons. The van der Waals surface area contributed by atoms with Crippen LogP contribution in [0.3, 0.4) is 0 Å². The highest BCUT2D eigenvalue weighted by Gasteiger charge is 2.33. The van der Waals surface area contributed by atoms with Crippen molar-refractivity contribution in [2.75, 3.05) is 19.8 Å². The highest BCUT2D eigenvalue weighted by Crippen LogP contribution is 2.25. The Morgan fingerprint density at radius 2 is 2.47 bits per heavy atom. The van der Waals surface area contributed by atoms with Crippen LogP contribution in [0.5, 0.6) is 0 Å². The van der Waals surface area contributed by atoms with Gasteiger partial charge in [-0.05, 0) is 0 Å². The zero-order valence-corrected chi connectivity index (χ0v) is 8.99. The van der Waals surface area contributed by atoms with Gasteiger partial charge in [0.2, 0.25) is 0 Å². The summed E-state index contributed by atoms with van der Waals surface area (Å²) in [6, 6.07) is 0. The Morgan fingerprint density at radius 3 is 2.93 bits per heavy atom. The Bertz CT molecular complexity index is 368. The topological polar surface area (TPSA) is 56.2 Å². The zero-order valence-electron chi connectivity index (χ0n) is 8.99. The van der Waals surface area contributed by atoms with Gasteiger partial charge in [0.05, 0.1) is 13.2 Å². The van der Waals surface area contributed by atoms with Crippen LogP contribution in [0.2, 0.25) is 0 Å². The maximum atomic E-state index is 11.7. The second-order valence-corrected chi connectivity index (χ2v) is 4.35. The lowest BCUT2D eigenvalue weighted by molar-refractivity contribution is -0.0978. The minimum Gasteiger partial charge on any atom is -0.380 e. The molecule has 0 spiro atoms. The first kappa shape index (κ1) is 10.2. The number of amides is 1. The maximum absolute atomic E-state index is 11.7. The predicted octanol–water partition coefficient (Wildman–Crippen LogP) is 0.186. The van der Waals surface area contributed by atoms with Crippen molar-refractivity contribution in [3.05, 3.63) is 18.2 Å². The molecule has 0 unspecified atom stereocenters. The number of aryl methyl sites for hydroxylation is 1. The molecule has 15 heavy (non-hydrogen) atoms. The average Bonchev–Trinajstić information content (AvgIpc) is 2.58. The molecule has 1 saturated heterocycles. The molecule has 0 saturated carbocycles. The van der Waals surface area contributed by atoms with Crippen LogP contribution in [0, 0.1) is 5.41 Å². The van der Waals surface area contributed by atoms with E-state index >= 15 is 0 Å². The number of carbonyl (C=O) groups excluding carboxylic acids is 1. The van der Waals surface area contributed by atoms with Gasteiger partial charge < -0.3 is 14.6 Å². The van der Waals surface area contributed by atoms with Gasteiger partial charge in [0, 0.05) is 31.4 Å². The van der Waals surface area contributed by atoms with Gasteiger partial charge in [0.25, 0.3) is 5.91 Å². The lowest BCUT2D eigenvalue weighted by atomic mass is 9.89. The van der Waals surface area contributed by atoms with Gasteiger partial charge in [-0.1, -0.05) is 6.92 Å². The first-order valence-electron chi connectivity index (χ1n) is 4.94. The molecule has 1 aliphatic rings. The smallest absolute Gasteiger partial charge is 0.287 e. The Balaban J connectivity index is 1.90. The summed E-state index contributed by atoms with van der Waals surface area (Å²) in [5.74, 6) is 0.314. The number of nitrogens with zero attached hydrogens (tertiary/aromatic N) is 2. The number of ether oxygens (including phenoxy) is 1. The summed E-state index contributed by atoms with van der Waals surface area (Å²) < 4.78 is 6.82. The molecule has 1 aromatic rings. The van der Waals surface area contributed by atoms with Gasteiger partial charge in [0.15, 0.2) is 5.82 Å². The molecule has 1 aliphatic heterocycles. The molecule has 0 aliphatic carbocycles. The Labute approximate surface area is 88.4 Å². The van der Waals surface area contributed by atoms with E-state index in [1.807, 2.05) is 0 Å². The van der Waals surface area contributed by atoms with Crippen LogP contribution in [-0.2, 0) is 11.8 Å². The van der Waals surface area contributed by atoms with Crippen molar-refractivity contribution in [3.8, 4) is 0 Å². The molecule has 5 nitrogen and oxygen atoms in total. The van der Waals surface area contributed by atoms with E-state index in [-0.39, 0.29) is 11.3 Å². The highest BCUT2D eigenvalue weighted by atomic mass is 16.5. The minimum absolute atomic E-state index is 0.0980. The van der Waals surface area contributed by atoms with Gasteiger partial charge in [-0.3, -0.25) is 4.79 Å². The first-order chi connectivity index (χ1) is 7.11. The van der Waals surface area contributed by atoms with E-state index in [0.717, 1.165) is 0 Å². The normalized spacial score (nSPS) is 18.3. The van der Waals surface area contributed by atoms with Crippen LogP contribution in [0.25, 0.3) is 0 Å². The number of imidazole rings is 1. The summed E-state index contributed by atoms with van der Waals surface area (Å²) >= 11 is 0. The molecule has 0 aromatic carbocycles. The lowest BCUT2D eigenvalue weighted by Gasteiger charge is -2.37. The molecule has 1 N–H and O–H groups in total. The molecule has 5 heteroatoms. The number of hydrogen-bond donors (Lipinski definition) is 1. The second-order valence-electron chi connectivity index (χ2n) is 4.35. The predicted molar refractivity (Wildman–Crippen MR) is 54.5 cm³/mol. The van der Waals surface area contributed by atoms with E-state index in [2.05, 4.69) is 17.2 Å². The summed E-state index contributed by atoms with van der Waals surface area (Å²) in [7, 11) is 1.80. The summed E-state index contributed by atoms with van der Waals surface area (Å²) in [5.41, 5.74) is 0.0980. The van der Waals surface area contributed by atoms with Crippen LogP contribution in [0.4, 0.5) is 0 Å². The molecule has 82 valence electrons. The van der Waals surface area contributed by atoms with E-state index in [1.54, 1.807) is 24.0 Å². The van der Waals surface area contributed by atoms with Crippen LogP contribution >= 0.6 is 0 Å². The summed E-state index contributed by atoms with van der Waals surface area (Å²) in [6.45, 7) is 4.16. The molecule has 1 aromatic heterocycles. The molecule has 0 bridgehead atoms. The molecule has 2 heterocycles. The number of aromatic nitrogens is 2. The second kappa shape index (κ2) is 3.66. The fourth-order valence-electron chi connectivity index (χ4n) is 1.51. The quantitative estimate of drug-likeness (QED) is 0.773. The molecule has 1 fully saturated rings. The SMILES string of the molecule is Cn1ccnc1C(=O)NCC1(C)COC1. The summed E-state index contributed by atoms with van der Waals surface area (Å²) in [4.78, 5) is 15.7. The van der Waals surface area contributed by atoms with Crippen LogP contribution in [-0.4, -0.2) is 35.2 Å². The van der Waals surface area contributed by atoms with E-state index < -0.39 is 0 Å². The maximum Gasteiger partial charge on any atom is 0.287 e. The third kappa shape index (κ3) is 2.02.